The van der Waals surface area contributed by atoms with Gasteiger partial charge in [0.2, 0.25) is 11.8 Å². The minimum Gasteiger partial charge on any atom is -0.490 e. The third kappa shape index (κ3) is 6.04. The minimum atomic E-state index is -0.377. The number of piperidine rings is 1. The molecule has 6 heteroatoms. The number of nitrogens with one attached hydrogen (secondary N) is 1. The van der Waals surface area contributed by atoms with E-state index >= 15 is 0 Å². The summed E-state index contributed by atoms with van der Waals surface area (Å²) in [5.74, 6) is 0.122. The maximum absolute atomic E-state index is 13.2. The summed E-state index contributed by atoms with van der Waals surface area (Å²) in [5, 5.41) is 2.63. The number of halogens is 1. The summed E-state index contributed by atoms with van der Waals surface area (Å²) in [4.78, 5) is 26.1. The van der Waals surface area contributed by atoms with Crippen LogP contribution in [0.1, 0.15) is 29.5 Å². The smallest absolute Gasteiger partial charge is 0.241 e. The van der Waals surface area contributed by atoms with Gasteiger partial charge in [0, 0.05) is 25.9 Å². The van der Waals surface area contributed by atoms with Gasteiger partial charge in [-0.25, -0.2) is 4.39 Å². The third-order valence-corrected chi connectivity index (χ3v) is 5.12. The van der Waals surface area contributed by atoms with E-state index in [9.17, 15) is 14.0 Å². The summed E-state index contributed by atoms with van der Waals surface area (Å²) in [7, 11) is 0. The molecule has 0 spiro atoms. The van der Waals surface area contributed by atoms with Crippen molar-refractivity contribution in [2.24, 2.45) is 0 Å². The largest absolute Gasteiger partial charge is 0.490 e. The molecule has 1 aliphatic heterocycles. The van der Waals surface area contributed by atoms with Gasteiger partial charge < -0.3 is 15.0 Å². The van der Waals surface area contributed by atoms with E-state index in [0.29, 0.717) is 18.7 Å². The lowest BCUT2D eigenvalue weighted by atomic mass is 10.1. The van der Waals surface area contributed by atoms with E-state index in [4.69, 9.17) is 4.74 Å². The van der Waals surface area contributed by atoms with Crippen molar-refractivity contribution in [3.05, 3.63) is 65.0 Å². The number of likely N-dealkylation sites (tertiary alicyclic amines) is 1. The Morgan fingerprint density at radius 3 is 2.62 bits per heavy atom. The zero-order valence-electron chi connectivity index (χ0n) is 16.9. The fourth-order valence-corrected chi connectivity index (χ4v) is 3.42. The van der Waals surface area contributed by atoms with E-state index in [1.807, 2.05) is 19.9 Å². The predicted octanol–water partition coefficient (Wildman–Crippen LogP) is 3.17. The molecule has 0 bridgehead atoms. The second kappa shape index (κ2) is 9.54. The molecule has 154 valence electrons. The van der Waals surface area contributed by atoms with E-state index in [-0.39, 0.29) is 36.7 Å². The number of aryl methyl sites for hydroxylation is 2. The SMILES string of the molecule is Cc1ccc(C)c(OC2CCN(C(=O)CNC(=O)Cc3cccc(F)c3)CC2)c1. The molecule has 0 unspecified atom stereocenters. The van der Waals surface area contributed by atoms with E-state index in [2.05, 4.69) is 17.4 Å². The number of hydrogen-bond acceptors (Lipinski definition) is 3. The third-order valence-electron chi connectivity index (χ3n) is 5.12. The van der Waals surface area contributed by atoms with Crippen molar-refractivity contribution in [1.82, 2.24) is 10.2 Å². The van der Waals surface area contributed by atoms with Gasteiger partial charge in [-0.2, -0.15) is 0 Å². The number of benzene rings is 2. The number of hydrogen-bond donors (Lipinski definition) is 1. The Balaban J connectivity index is 1.41. The number of rotatable bonds is 6. The van der Waals surface area contributed by atoms with Gasteiger partial charge in [0.1, 0.15) is 17.7 Å². The van der Waals surface area contributed by atoms with Crippen LogP contribution >= 0.6 is 0 Å². The summed E-state index contributed by atoms with van der Waals surface area (Å²) in [6, 6.07) is 12.1. The van der Waals surface area contributed by atoms with Gasteiger partial charge in [0.25, 0.3) is 0 Å². The van der Waals surface area contributed by atoms with Crippen LogP contribution in [0.2, 0.25) is 0 Å². The van der Waals surface area contributed by atoms with Gasteiger partial charge in [-0.05, 0) is 48.7 Å². The zero-order valence-corrected chi connectivity index (χ0v) is 16.9. The number of ether oxygens (including phenoxy) is 1. The molecule has 3 rings (SSSR count). The second-order valence-corrected chi connectivity index (χ2v) is 7.55. The lowest BCUT2D eigenvalue weighted by molar-refractivity contribution is -0.134. The van der Waals surface area contributed by atoms with Gasteiger partial charge in [-0.15, -0.1) is 0 Å². The van der Waals surface area contributed by atoms with E-state index in [1.54, 1.807) is 17.0 Å². The molecular formula is C23H27FN2O3. The average molecular weight is 398 g/mol. The minimum absolute atomic E-state index is 0.0450. The Morgan fingerprint density at radius 2 is 1.90 bits per heavy atom. The molecule has 1 fully saturated rings. The molecule has 2 aromatic carbocycles. The summed E-state index contributed by atoms with van der Waals surface area (Å²) in [6.07, 6.45) is 1.66. The van der Waals surface area contributed by atoms with Crippen LogP contribution in [0.25, 0.3) is 0 Å². The molecule has 1 heterocycles. The quantitative estimate of drug-likeness (QED) is 0.813. The molecule has 1 saturated heterocycles. The Bertz CT molecular complexity index is 876. The van der Waals surface area contributed by atoms with Crippen LogP contribution in [0.3, 0.4) is 0 Å². The maximum atomic E-state index is 13.2. The van der Waals surface area contributed by atoms with Gasteiger partial charge in [-0.1, -0.05) is 24.3 Å². The molecule has 2 amide bonds. The molecule has 5 nitrogen and oxygen atoms in total. The lowest BCUT2D eigenvalue weighted by Gasteiger charge is -2.32. The van der Waals surface area contributed by atoms with Crippen molar-refractivity contribution < 1.29 is 18.7 Å². The topological polar surface area (TPSA) is 58.6 Å². The van der Waals surface area contributed by atoms with Crippen molar-refractivity contribution in [1.29, 1.82) is 0 Å². The molecule has 0 aromatic heterocycles. The molecule has 0 radical (unpaired) electrons. The first-order valence-electron chi connectivity index (χ1n) is 9.93. The molecule has 1 N–H and O–H groups in total. The van der Waals surface area contributed by atoms with Crippen LogP contribution in [0.15, 0.2) is 42.5 Å². The summed E-state index contributed by atoms with van der Waals surface area (Å²) >= 11 is 0. The molecule has 0 atom stereocenters. The Morgan fingerprint density at radius 1 is 1.14 bits per heavy atom. The molecule has 2 aromatic rings. The lowest BCUT2D eigenvalue weighted by Crippen LogP contribution is -2.46. The fraction of sp³-hybridized carbons (Fsp3) is 0.391. The maximum Gasteiger partial charge on any atom is 0.241 e. The second-order valence-electron chi connectivity index (χ2n) is 7.55. The highest BCUT2D eigenvalue weighted by atomic mass is 19.1. The molecule has 1 aliphatic rings. The zero-order chi connectivity index (χ0) is 20.8. The van der Waals surface area contributed by atoms with E-state index < -0.39 is 0 Å². The Hall–Kier alpha value is -2.89. The molecule has 29 heavy (non-hydrogen) atoms. The van der Waals surface area contributed by atoms with Crippen LogP contribution in [0, 0.1) is 19.7 Å². The van der Waals surface area contributed by atoms with Crippen LogP contribution in [-0.2, 0) is 16.0 Å². The highest BCUT2D eigenvalue weighted by Crippen LogP contribution is 2.24. The predicted molar refractivity (Wildman–Crippen MR) is 109 cm³/mol. The molecule has 0 aliphatic carbocycles. The van der Waals surface area contributed by atoms with Crippen LogP contribution in [-0.4, -0.2) is 42.5 Å². The van der Waals surface area contributed by atoms with Crippen molar-refractivity contribution in [2.75, 3.05) is 19.6 Å². The van der Waals surface area contributed by atoms with Gasteiger partial charge in [0.05, 0.1) is 13.0 Å². The number of carbonyl (C=O) groups is 2. The Kier molecular flexibility index (Phi) is 6.86. The highest BCUT2D eigenvalue weighted by Gasteiger charge is 2.24. The number of nitrogens with zero attached hydrogens (tertiary/aromatic N) is 1. The van der Waals surface area contributed by atoms with Crippen LogP contribution in [0.4, 0.5) is 4.39 Å². The van der Waals surface area contributed by atoms with Gasteiger partial charge >= 0.3 is 0 Å². The van der Waals surface area contributed by atoms with Crippen LogP contribution in [0.5, 0.6) is 5.75 Å². The van der Waals surface area contributed by atoms with Crippen molar-refractivity contribution in [3.63, 3.8) is 0 Å². The van der Waals surface area contributed by atoms with Crippen LogP contribution < -0.4 is 10.1 Å². The molecular weight excluding hydrogens is 371 g/mol. The summed E-state index contributed by atoms with van der Waals surface area (Å²) < 4.78 is 19.3. The number of carbonyl (C=O) groups excluding carboxylic acids is 2. The van der Waals surface area contributed by atoms with E-state index in [0.717, 1.165) is 29.7 Å². The van der Waals surface area contributed by atoms with E-state index in [1.165, 1.54) is 12.1 Å². The first-order valence-corrected chi connectivity index (χ1v) is 9.93. The number of amides is 2. The van der Waals surface area contributed by atoms with Crippen molar-refractivity contribution in [2.45, 2.75) is 39.2 Å². The first-order chi connectivity index (χ1) is 13.9. The van der Waals surface area contributed by atoms with Crippen molar-refractivity contribution in [3.8, 4) is 5.75 Å². The summed E-state index contributed by atoms with van der Waals surface area (Å²) in [5.41, 5.74) is 2.85. The van der Waals surface area contributed by atoms with Crippen molar-refractivity contribution >= 4 is 11.8 Å². The highest BCUT2D eigenvalue weighted by molar-refractivity contribution is 5.85. The molecule has 0 saturated carbocycles. The van der Waals surface area contributed by atoms with Gasteiger partial charge in [-0.3, -0.25) is 9.59 Å². The fourth-order valence-electron chi connectivity index (χ4n) is 3.42. The van der Waals surface area contributed by atoms with Gasteiger partial charge in [0.15, 0.2) is 0 Å². The summed E-state index contributed by atoms with van der Waals surface area (Å²) in [6.45, 7) is 5.23. The normalized spacial score (nSPS) is 14.5. The Labute approximate surface area is 170 Å². The average Bonchev–Trinajstić information content (AvgIpc) is 2.69. The first kappa shape index (κ1) is 20.8. The standard InChI is InChI=1S/C23H27FN2O3/c1-16-6-7-17(2)21(12-16)29-20-8-10-26(11-9-20)23(28)15-25-22(27)14-18-4-3-5-19(24)13-18/h3-7,12-13,20H,8-11,14-15H2,1-2H3,(H,25,27). The monoisotopic (exact) mass is 398 g/mol.